The Bertz CT molecular complexity index is 369. The summed E-state index contributed by atoms with van der Waals surface area (Å²) in [6.07, 6.45) is 0.347. The lowest BCUT2D eigenvalue weighted by atomic mass is 10.0. The molecule has 0 aliphatic heterocycles. The van der Waals surface area contributed by atoms with E-state index in [9.17, 15) is 9.59 Å². The van der Waals surface area contributed by atoms with Crippen LogP contribution in [-0.4, -0.2) is 18.9 Å². The first kappa shape index (κ1) is 11.4. The second-order valence-corrected chi connectivity index (χ2v) is 3.37. The molecular formula is C12H14O3. The molecule has 1 aromatic carbocycles. The Balaban J connectivity index is 2.58. The van der Waals surface area contributed by atoms with E-state index in [-0.39, 0.29) is 24.6 Å². The van der Waals surface area contributed by atoms with E-state index in [1.54, 1.807) is 6.07 Å². The molecule has 0 aliphatic rings. The van der Waals surface area contributed by atoms with Gasteiger partial charge in [-0.25, -0.2) is 0 Å². The SMILES string of the molecule is COC(=O)CCC(=O)c1cccc(C)c1. The van der Waals surface area contributed by atoms with Crippen molar-refractivity contribution in [3.05, 3.63) is 35.4 Å². The van der Waals surface area contributed by atoms with Gasteiger partial charge in [0.05, 0.1) is 13.5 Å². The maximum absolute atomic E-state index is 11.6. The minimum atomic E-state index is -0.351. The Kier molecular flexibility index (Phi) is 4.03. The molecular weight excluding hydrogens is 192 g/mol. The average molecular weight is 206 g/mol. The molecule has 0 fully saturated rings. The summed E-state index contributed by atoms with van der Waals surface area (Å²) in [5, 5.41) is 0. The van der Waals surface area contributed by atoms with E-state index in [0.717, 1.165) is 5.56 Å². The van der Waals surface area contributed by atoms with Crippen LogP contribution < -0.4 is 0 Å². The molecule has 15 heavy (non-hydrogen) atoms. The fourth-order valence-electron chi connectivity index (χ4n) is 1.28. The molecule has 0 heterocycles. The van der Waals surface area contributed by atoms with Crippen LogP contribution in [0.5, 0.6) is 0 Å². The van der Waals surface area contributed by atoms with Crippen molar-refractivity contribution < 1.29 is 14.3 Å². The Labute approximate surface area is 89.1 Å². The van der Waals surface area contributed by atoms with Gasteiger partial charge in [0.25, 0.3) is 0 Å². The topological polar surface area (TPSA) is 43.4 Å². The first-order chi connectivity index (χ1) is 7.13. The third-order valence-corrected chi connectivity index (χ3v) is 2.12. The summed E-state index contributed by atoms with van der Waals surface area (Å²) in [4.78, 5) is 22.4. The molecule has 0 N–H and O–H groups in total. The minimum absolute atomic E-state index is 0.0240. The lowest BCUT2D eigenvalue weighted by Gasteiger charge is -2.01. The van der Waals surface area contributed by atoms with Crippen molar-refractivity contribution in [1.82, 2.24) is 0 Å². The Morgan fingerprint density at radius 1 is 1.27 bits per heavy atom. The molecule has 0 spiro atoms. The zero-order chi connectivity index (χ0) is 11.3. The van der Waals surface area contributed by atoms with E-state index < -0.39 is 0 Å². The number of carbonyl (C=O) groups is 2. The van der Waals surface area contributed by atoms with Gasteiger partial charge in [-0.3, -0.25) is 9.59 Å². The Morgan fingerprint density at radius 2 is 2.00 bits per heavy atom. The number of aryl methyl sites for hydroxylation is 1. The quantitative estimate of drug-likeness (QED) is 0.560. The van der Waals surface area contributed by atoms with Crippen molar-refractivity contribution in [1.29, 1.82) is 0 Å². The van der Waals surface area contributed by atoms with E-state index in [4.69, 9.17) is 0 Å². The zero-order valence-electron chi connectivity index (χ0n) is 8.95. The number of Topliss-reactive ketones (excluding diaryl/α,β-unsaturated/α-hetero) is 1. The first-order valence-corrected chi connectivity index (χ1v) is 4.80. The number of rotatable bonds is 4. The first-order valence-electron chi connectivity index (χ1n) is 4.80. The van der Waals surface area contributed by atoms with Gasteiger partial charge in [-0.05, 0) is 13.0 Å². The van der Waals surface area contributed by atoms with Crippen molar-refractivity contribution in [2.45, 2.75) is 19.8 Å². The summed E-state index contributed by atoms with van der Waals surface area (Å²) in [5.41, 5.74) is 1.69. The van der Waals surface area contributed by atoms with Crippen LogP contribution in [0.25, 0.3) is 0 Å². The number of methoxy groups -OCH3 is 1. The molecule has 0 saturated heterocycles. The molecule has 0 saturated carbocycles. The molecule has 3 nitrogen and oxygen atoms in total. The van der Waals surface area contributed by atoms with Gasteiger partial charge in [-0.2, -0.15) is 0 Å². The maximum atomic E-state index is 11.6. The second kappa shape index (κ2) is 5.29. The van der Waals surface area contributed by atoms with Crippen molar-refractivity contribution >= 4 is 11.8 Å². The van der Waals surface area contributed by atoms with Crippen LogP contribution in [0, 0.1) is 6.92 Å². The smallest absolute Gasteiger partial charge is 0.305 e. The molecule has 1 aromatic rings. The van der Waals surface area contributed by atoms with Crippen molar-refractivity contribution in [2.75, 3.05) is 7.11 Å². The van der Waals surface area contributed by atoms with Gasteiger partial charge < -0.3 is 4.74 Å². The van der Waals surface area contributed by atoms with Gasteiger partial charge >= 0.3 is 5.97 Å². The highest BCUT2D eigenvalue weighted by molar-refractivity contribution is 5.97. The summed E-state index contributed by atoms with van der Waals surface area (Å²) >= 11 is 0. The number of ketones is 1. The summed E-state index contributed by atoms with van der Waals surface area (Å²) < 4.78 is 4.47. The lowest BCUT2D eigenvalue weighted by molar-refractivity contribution is -0.140. The number of carbonyl (C=O) groups excluding carboxylic acids is 2. The van der Waals surface area contributed by atoms with Gasteiger partial charge in [-0.1, -0.05) is 23.8 Å². The van der Waals surface area contributed by atoms with E-state index in [0.29, 0.717) is 5.56 Å². The highest BCUT2D eigenvalue weighted by Crippen LogP contribution is 2.08. The molecule has 0 aromatic heterocycles. The second-order valence-electron chi connectivity index (χ2n) is 3.37. The summed E-state index contributed by atoms with van der Waals surface area (Å²) in [5.74, 6) is -0.375. The highest BCUT2D eigenvalue weighted by Gasteiger charge is 2.08. The van der Waals surface area contributed by atoms with Gasteiger partial charge in [0.15, 0.2) is 5.78 Å². The fraction of sp³-hybridized carbons (Fsp3) is 0.333. The summed E-state index contributed by atoms with van der Waals surface area (Å²) in [6, 6.07) is 7.34. The molecule has 0 aliphatic carbocycles. The molecule has 0 unspecified atom stereocenters. The van der Waals surface area contributed by atoms with E-state index in [2.05, 4.69) is 4.74 Å². The lowest BCUT2D eigenvalue weighted by Crippen LogP contribution is -2.06. The monoisotopic (exact) mass is 206 g/mol. The van der Waals surface area contributed by atoms with Crippen molar-refractivity contribution in [2.24, 2.45) is 0 Å². The molecule has 0 amide bonds. The average Bonchev–Trinajstić information content (AvgIpc) is 2.25. The standard InChI is InChI=1S/C12H14O3/c1-9-4-3-5-10(8-9)11(13)6-7-12(14)15-2/h3-5,8H,6-7H2,1-2H3. The normalized spacial score (nSPS) is 9.73. The third kappa shape index (κ3) is 3.54. The van der Waals surface area contributed by atoms with Crippen molar-refractivity contribution in [3.63, 3.8) is 0 Å². The van der Waals surface area contributed by atoms with Crippen molar-refractivity contribution in [3.8, 4) is 0 Å². The number of benzene rings is 1. The predicted octanol–water partition coefficient (Wildman–Crippen LogP) is 2.13. The molecule has 1 rings (SSSR count). The van der Waals surface area contributed by atoms with E-state index >= 15 is 0 Å². The molecule has 3 heteroatoms. The van der Waals surface area contributed by atoms with E-state index in [1.807, 2.05) is 25.1 Å². The Hall–Kier alpha value is -1.64. The Morgan fingerprint density at radius 3 is 2.60 bits per heavy atom. The number of ether oxygens (including phenoxy) is 1. The molecule has 80 valence electrons. The van der Waals surface area contributed by atoms with Crippen LogP contribution >= 0.6 is 0 Å². The van der Waals surface area contributed by atoms with Crippen LogP contribution in [0.15, 0.2) is 24.3 Å². The van der Waals surface area contributed by atoms with Crippen LogP contribution in [0.2, 0.25) is 0 Å². The van der Waals surface area contributed by atoms with E-state index in [1.165, 1.54) is 7.11 Å². The largest absolute Gasteiger partial charge is 0.469 e. The minimum Gasteiger partial charge on any atom is -0.469 e. The van der Waals surface area contributed by atoms with Gasteiger partial charge in [0, 0.05) is 12.0 Å². The molecule has 0 radical (unpaired) electrons. The van der Waals surface area contributed by atoms with Gasteiger partial charge in [0.2, 0.25) is 0 Å². The third-order valence-electron chi connectivity index (χ3n) is 2.12. The molecule has 0 bridgehead atoms. The zero-order valence-corrected chi connectivity index (χ0v) is 8.95. The maximum Gasteiger partial charge on any atom is 0.305 e. The van der Waals surface area contributed by atoms with Gasteiger partial charge in [0.1, 0.15) is 0 Å². The molecule has 0 atom stereocenters. The number of hydrogen-bond donors (Lipinski definition) is 0. The van der Waals surface area contributed by atoms with Crippen LogP contribution in [-0.2, 0) is 9.53 Å². The summed E-state index contributed by atoms with van der Waals surface area (Å²) in [7, 11) is 1.32. The van der Waals surface area contributed by atoms with Gasteiger partial charge in [-0.15, -0.1) is 0 Å². The van der Waals surface area contributed by atoms with Crippen LogP contribution in [0.3, 0.4) is 0 Å². The predicted molar refractivity (Wildman–Crippen MR) is 56.8 cm³/mol. The highest BCUT2D eigenvalue weighted by atomic mass is 16.5. The van der Waals surface area contributed by atoms with Crippen LogP contribution in [0.1, 0.15) is 28.8 Å². The number of esters is 1. The fourth-order valence-corrected chi connectivity index (χ4v) is 1.28. The summed E-state index contributed by atoms with van der Waals surface area (Å²) in [6.45, 7) is 1.93. The number of hydrogen-bond acceptors (Lipinski definition) is 3. The van der Waals surface area contributed by atoms with Crippen LogP contribution in [0.4, 0.5) is 0 Å².